The smallest absolute Gasteiger partial charge is 0.137 e. The molecule has 0 fully saturated rings. The molecule has 3 heterocycles. The quantitative estimate of drug-likeness (QED) is 0.137. The highest BCUT2D eigenvalue weighted by atomic mass is 16.5. The molecule has 3 aromatic heterocycles. The molecule has 0 radical (unpaired) electrons. The maximum absolute atomic E-state index is 6.74. The number of hydrogen-bond donors (Lipinski definition) is 0. The summed E-state index contributed by atoms with van der Waals surface area (Å²) in [7, 11) is 0. The van der Waals surface area contributed by atoms with Gasteiger partial charge in [0.1, 0.15) is 17.3 Å². The average molecular weight is 675 g/mol. The van der Waals surface area contributed by atoms with Crippen LogP contribution in [0, 0.1) is 39.5 Å². The maximum Gasteiger partial charge on any atom is 0.137 e. The number of para-hydroxylation sites is 1. The molecule has 4 aromatic carbocycles. The first-order valence-electron chi connectivity index (χ1n) is 18.5. The summed E-state index contributed by atoms with van der Waals surface area (Å²) in [5, 5.41) is 7.81. The SMILES string of the molecule is Cc1cc(Oc2ccc3c4ccccc4n(-c4cc(C)ccn4)c3c2)cc(-n2nc(CCC(C)C)c(-c3c(C)cccc3C)c2CCC(C)C)c1. The molecule has 0 aliphatic heterocycles. The Morgan fingerprint density at radius 1 is 0.627 bits per heavy atom. The molecule has 260 valence electrons. The van der Waals surface area contributed by atoms with Crippen molar-refractivity contribution in [3.8, 4) is 34.1 Å². The lowest BCUT2D eigenvalue weighted by Gasteiger charge is -2.16. The minimum Gasteiger partial charge on any atom is -0.457 e. The van der Waals surface area contributed by atoms with E-state index in [1.54, 1.807) is 0 Å². The fourth-order valence-corrected chi connectivity index (χ4v) is 7.42. The van der Waals surface area contributed by atoms with Crippen LogP contribution >= 0.6 is 0 Å². The van der Waals surface area contributed by atoms with Crippen LogP contribution in [-0.4, -0.2) is 19.3 Å². The van der Waals surface area contributed by atoms with Crippen LogP contribution in [0.4, 0.5) is 0 Å². The summed E-state index contributed by atoms with van der Waals surface area (Å²) >= 11 is 0. The fraction of sp³-hybridized carbons (Fsp3) is 0.304. The number of hydrogen-bond acceptors (Lipinski definition) is 3. The monoisotopic (exact) mass is 674 g/mol. The standard InChI is InChI=1S/C46H50N4O/c1-29(2)16-20-40-46(45-33(7)12-11-13-34(45)8)42(21-17-30(3)4)50(48-40)35-24-32(6)25-37(27-35)51-36-18-19-39-38-14-9-10-15-41(38)49(43(39)28-36)44-26-31(5)22-23-47-44/h9-15,18-19,22-30H,16-17,20-21H2,1-8H3. The maximum atomic E-state index is 6.74. The van der Waals surface area contributed by atoms with Crippen molar-refractivity contribution in [2.24, 2.45) is 11.8 Å². The summed E-state index contributed by atoms with van der Waals surface area (Å²) in [5.74, 6) is 3.65. The lowest BCUT2D eigenvalue weighted by Crippen LogP contribution is -2.06. The van der Waals surface area contributed by atoms with E-state index in [4.69, 9.17) is 14.8 Å². The van der Waals surface area contributed by atoms with E-state index in [9.17, 15) is 0 Å². The molecule has 0 saturated heterocycles. The van der Waals surface area contributed by atoms with Gasteiger partial charge in [0.2, 0.25) is 0 Å². The molecular formula is C46H50N4O. The lowest BCUT2D eigenvalue weighted by atomic mass is 9.90. The van der Waals surface area contributed by atoms with Gasteiger partial charge in [-0.1, -0.05) is 64.1 Å². The topological polar surface area (TPSA) is 44.9 Å². The molecule has 5 heteroatoms. The molecule has 0 bridgehead atoms. The van der Waals surface area contributed by atoms with Crippen LogP contribution in [-0.2, 0) is 12.8 Å². The van der Waals surface area contributed by atoms with Gasteiger partial charge in [-0.25, -0.2) is 9.67 Å². The molecular weight excluding hydrogens is 625 g/mol. The van der Waals surface area contributed by atoms with E-state index < -0.39 is 0 Å². The molecule has 0 saturated carbocycles. The van der Waals surface area contributed by atoms with Gasteiger partial charge in [-0.3, -0.25) is 4.57 Å². The third-order valence-corrected chi connectivity index (χ3v) is 9.99. The molecule has 0 unspecified atom stereocenters. The first-order chi connectivity index (χ1) is 24.6. The van der Waals surface area contributed by atoms with Gasteiger partial charge in [0.25, 0.3) is 0 Å². The third kappa shape index (κ3) is 6.95. The summed E-state index contributed by atoms with van der Waals surface area (Å²) in [6.45, 7) is 17.9. The van der Waals surface area contributed by atoms with Gasteiger partial charge >= 0.3 is 0 Å². The zero-order valence-electron chi connectivity index (χ0n) is 31.4. The molecule has 7 aromatic rings. The number of ether oxygens (including phenoxy) is 1. The van der Waals surface area contributed by atoms with Crippen LogP contribution in [0.1, 0.15) is 74.2 Å². The Balaban J connectivity index is 1.35. The number of benzene rings is 4. The predicted octanol–water partition coefficient (Wildman–Crippen LogP) is 12.2. The van der Waals surface area contributed by atoms with Crippen molar-refractivity contribution in [1.82, 2.24) is 19.3 Å². The Morgan fingerprint density at radius 2 is 1.35 bits per heavy atom. The summed E-state index contributed by atoms with van der Waals surface area (Å²) in [4.78, 5) is 4.76. The first-order valence-corrected chi connectivity index (χ1v) is 18.5. The van der Waals surface area contributed by atoms with Crippen molar-refractivity contribution in [1.29, 1.82) is 0 Å². The highest BCUT2D eigenvalue weighted by molar-refractivity contribution is 6.09. The average Bonchev–Trinajstić information content (AvgIpc) is 3.61. The second-order valence-electron chi connectivity index (χ2n) is 15.1. The Labute approximate surface area is 302 Å². The summed E-state index contributed by atoms with van der Waals surface area (Å²) < 4.78 is 11.2. The van der Waals surface area contributed by atoms with Crippen molar-refractivity contribution < 1.29 is 4.74 Å². The molecule has 0 amide bonds. The van der Waals surface area contributed by atoms with Crippen LogP contribution in [0.2, 0.25) is 0 Å². The second-order valence-corrected chi connectivity index (χ2v) is 15.1. The molecule has 0 N–H and O–H groups in total. The van der Waals surface area contributed by atoms with Crippen LogP contribution in [0.25, 0.3) is 44.4 Å². The Morgan fingerprint density at radius 3 is 2.10 bits per heavy atom. The molecule has 0 aliphatic rings. The molecule has 5 nitrogen and oxygen atoms in total. The van der Waals surface area contributed by atoms with Crippen molar-refractivity contribution >= 4 is 21.8 Å². The van der Waals surface area contributed by atoms with Gasteiger partial charge in [-0.15, -0.1) is 0 Å². The third-order valence-electron chi connectivity index (χ3n) is 9.99. The molecule has 0 atom stereocenters. The van der Waals surface area contributed by atoms with Gasteiger partial charge < -0.3 is 4.74 Å². The first kappa shape index (κ1) is 34.3. The predicted molar refractivity (Wildman–Crippen MR) is 213 cm³/mol. The molecule has 0 aliphatic carbocycles. The van der Waals surface area contributed by atoms with E-state index in [0.29, 0.717) is 11.8 Å². The van der Waals surface area contributed by atoms with Gasteiger partial charge in [-0.2, -0.15) is 5.10 Å². The van der Waals surface area contributed by atoms with E-state index in [0.717, 1.165) is 65.3 Å². The van der Waals surface area contributed by atoms with E-state index in [2.05, 4.69) is 150 Å². The van der Waals surface area contributed by atoms with Crippen molar-refractivity contribution in [3.05, 3.63) is 131 Å². The van der Waals surface area contributed by atoms with Gasteiger partial charge in [0.05, 0.1) is 28.1 Å². The van der Waals surface area contributed by atoms with Gasteiger partial charge in [0.15, 0.2) is 0 Å². The Bertz CT molecular complexity index is 2340. The van der Waals surface area contributed by atoms with Crippen molar-refractivity contribution in [2.75, 3.05) is 0 Å². The zero-order chi connectivity index (χ0) is 35.8. The van der Waals surface area contributed by atoms with E-state index >= 15 is 0 Å². The number of rotatable bonds is 11. The molecule has 7 rings (SSSR count). The van der Waals surface area contributed by atoms with Crippen LogP contribution in [0.15, 0.2) is 97.2 Å². The number of pyridine rings is 1. The second kappa shape index (κ2) is 14.2. The van der Waals surface area contributed by atoms with E-state index in [-0.39, 0.29) is 0 Å². The van der Waals surface area contributed by atoms with Crippen molar-refractivity contribution in [3.63, 3.8) is 0 Å². The zero-order valence-corrected chi connectivity index (χ0v) is 31.4. The molecule has 51 heavy (non-hydrogen) atoms. The minimum absolute atomic E-state index is 0.579. The lowest BCUT2D eigenvalue weighted by molar-refractivity contribution is 0.482. The minimum atomic E-state index is 0.579. The summed E-state index contributed by atoms with van der Waals surface area (Å²) in [6, 6.07) is 32.2. The Kier molecular flexibility index (Phi) is 9.56. The largest absolute Gasteiger partial charge is 0.457 e. The number of aromatic nitrogens is 4. The van der Waals surface area contributed by atoms with Crippen LogP contribution in [0.3, 0.4) is 0 Å². The summed E-state index contributed by atoms with van der Waals surface area (Å²) in [6.07, 6.45) is 5.96. The van der Waals surface area contributed by atoms with Crippen LogP contribution in [0.5, 0.6) is 11.5 Å². The number of fused-ring (bicyclic) bond motifs is 3. The normalized spacial score (nSPS) is 11.8. The number of aryl methyl sites for hydroxylation is 5. The number of nitrogens with zero attached hydrogens (tertiary/aromatic N) is 4. The van der Waals surface area contributed by atoms with Gasteiger partial charge in [-0.05, 0) is 135 Å². The highest BCUT2D eigenvalue weighted by Crippen LogP contribution is 2.39. The van der Waals surface area contributed by atoms with Gasteiger partial charge in [0, 0.05) is 34.7 Å². The Hall–Kier alpha value is -5.16. The van der Waals surface area contributed by atoms with E-state index in [1.165, 1.54) is 50.0 Å². The highest BCUT2D eigenvalue weighted by Gasteiger charge is 2.24. The fourth-order valence-electron chi connectivity index (χ4n) is 7.42. The van der Waals surface area contributed by atoms with Crippen LogP contribution < -0.4 is 4.74 Å². The van der Waals surface area contributed by atoms with E-state index in [1.807, 2.05) is 12.3 Å². The molecule has 0 spiro atoms. The summed E-state index contributed by atoms with van der Waals surface area (Å²) in [5.41, 5.74) is 13.2. The van der Waals surface area contributed by atoms with Crippen molar-refractivity contribution in [2.45, 2.75) is 81.1 Å².